The summed E-state index contributed by atoms with van der Waals surface area (Å²) in [5.74, 6) is 0.606. The second kappa shape index (κ2) is 9.63. The molecule has 1 amide bonds. The highest BCUT2D eigenvalue weighted by Gasteiger charge is 2.16. The van der Waals surface area contributed by atoms with Crippen LogP contribution in [-0.4, -0.2) is 51.4 Å². The number of H-pyrrole nitrogens is 1. The Bertz CT molecular complexity index is 1120. The van der Waals surface area contributed by atoms with Gasteiger partial charge in [-0.3, -0.25) is 14.1 Å². The number of fused-ring (bicyclic) bond motifs is 1. The van der Waals surface area contributed by atoms with Gasteiger partial charge < -0.3 is 20.8 Å². The van der Waals surface area contributed by atoms with Gasteiger partial charge in [-0.2, -0.15) is 0 Å². The Balaban J connectivity index is 1.86. The Morgan fingerprint density at radius 1 is 1.33 bits per heavy atom. The number of benzene rings is 1. The quantitative estimate of drug-likeness (QED) is 0.296. The molecule has 30 heavy (non-hydrogen) atoms. The fourth-order valence-corrected chi connectivity index (χ4v) is 3.89. The number of aromatic nitrogens is 4. The van der Waals surface area contributed by atoms with Crippen molar-refractivity contribution >= 4 is 33.6 Å². The second-order valence-corrected chi connectivity index (χ2v) is 8.20. The van der Waals surface area contributed by atoms with Gasteiger partial charge in [-0.15, -0.1) is 0 Å². The number of methoxy groups -OCH3 is 1. The van der Waals surface area contributed by atoms with Crippen LogP contribution in [0.2, 0.25) is 0 Å². The number of carbonyl (C=O) groups excluding carboxylic acids is 1. The number of amides is 1. The Morgan fingerprint density at radius 2 is 2.07 bits per heavy atom. The van der Waals surface area contributed by atoms with E-state index in [1.165, 1.54) is 4.57 Å². The van der Waals surface area contributed by atoms with Gasteiger partial charge in [0, 0.05) is 25.0 Å². The van der Waals surface area contributed by atoms with Crippen molar-refractivity contribution in [1.82, 2.24) is 24.8 Å². The molecule has 0 radical (unpaired) electrons. The van der Waals surface area contributed by atoms with E-state index in [9.17, 15) is 9.59 Å². The molecule has 2 heterocycles. The molecule has 5 N–H and O–H groups in total. The first-order valence-electron chi connectivity index (χ1n) is 9.48. The van der Waals surface area contributed by atoms with Crippen molar-refractivity contribution in [1.29, 1.82) is 4.78 Å². The smallest absolute Gasteiger partial charge is 0.328 e. The molecule has 1 unspecified atom stereocenters. The molecule has 160 valence electrons. The minimum absolute atomic E-state index is 0.162. The first kappa shape index (κ1) is 21.7. The number of hydrogen-bond donors (Lipinski definition) is 4. The lowest BCUT2D eigenvalue weighted by Crippen LogP contribution is -2.26. The fourth-order valence-electron chi connectivity index (χ4n) is 2.90. The third-order valence-corrected chi connectivity index (χ3v) is 5.85. The average molecular weight is 432 g/mol. The normalized spacial score (nSPS) is 12.2. The van der Waals surface area contributed by atoms with Gasteiger partial charge >= 0.3 is 5.69 Å². The van der Waals surface area contributed by atoms with Crippen LogP contribution < -0.4 is 16.7 Å². The average Bonchev–Trinajstić information content (AvgIpc) is 3.05. The van der Waals surface area contributed by atoms with Crippen LogP contribution in [0.15, 0.2) is 34.2 Å². The molecule has 0 aliphatic rings. The monoisotopic (exact) mass is 431 g/mol. The molecular weight excluding hydrogens is 406 g/mol. The molecule has 11 heteroatoms. The van der Waals surface area contributed by atoms with Gasteiger partial charge in [-0.1, -0.05) is 19.1 Å². The number of nitrogens with zero attached hydrogens (tertiary/aromatic N) is 3. The number of nitrogens with one attached hydrogen (secondary N) is 3. The van der Waals surface area contributed by atoms with Gasteiger partial charge in [-0.25, -0.2) is 14.8 Å². The highest BCUT2D eigenvalue weighted by atomic mass is 32.2. The minimum Gasteiger partial charge on any atom is -0.383 e. The van der Waals surface area contributed by atoms with Gasteiger partial charge in [0.2, 0.25) is 5.16 Å². The Labute approximate surface area is 175 Å². The van der Waals surface area contributed by atoms with Crippen molar-refractivity contribution in [2.24, 2.45) is 0 Å². The molecule has 0 spiro atoms. The lowest BCUT2D eigenvalue weighted by molar-refractivity contribution is 0.0937. The van der Waals surface area contributed by atoms with E-state index in [0.29, 0.717) is 40.8 Å². The Morgan fingerprint density at radius 3 is 2.73 bits per heavy atom. The first-order valence-corrected chi connectivity index (χ1v) is 10.9. The highest BCUT2D eigenvalue weighted by molar-refractivity contribution is 7.85. The van der Waals surface area contributed by atoms with Crippen LogP contribution in [0.25, 0.3) is 11.2 Å². The molecular formula is C19H25N7O3S. The van der Waals surface area contributed by atoms with Gasteiger partial charge in [0.1, 0.15) is 5.52 Å². The summed E-state index contributed by atoms with van der Waals surface area (Å²) in [5.41, 5.74) is 7.74. The van der Waals surface area contributed by atoms with E-state index in [1.54, 1.807) is 31.4 Å². The summed E-state index contributed by atoms with van der Waals surface area (Å²) < 4.78 is 14.6. The molecule has 0 fully saturated rings. The second-order valence-electron chi connectivity index (χ2n) is 6.65. The number of rotatable bonds is 9. The maximum atomic E-state index is 12.5. The summed E-state index contributed by atoms with van der Waals surface area (Å²) >= 11 is 0. The van der Waals surface area contributed by atoms with Crippen LogP contribution in [-0.2, 0) is 22.0 Å². The number of anilines is 1. The summed E-state index contributed by atoms with van der Waals surface area (Å²) in [6.07, 6.45) is 0.833. The summed E-state index contributed by atoms with van der Waals surface area (Å²) in [6.45, 7) is 3.11. The highest BCUT2D eigenvalue weighted by Crippen LogP contribution is 2.17. The largest absolute Gasteiger partial charge is 0.383 e. The lowest BCUT2D eigenvalue weighted by Gasteiger charge is -2.08. The molecule has 0 aliphatic carbocycles. The van der Waals surface area contributed by atoms with Gasteiger partial charge in [-0.05, 0) is 34.8 Å². The van der Waals surface area contributed by atoms with Crippen LogP contribution in [0.4, 0.5) is 5.82 Å². The summed E-state index contributed by atoms with van der Waals surface area (Å²) in [7, 11) is 0.681. The zero-order chi connectivity index (χ0) is 21.7. The van der Waals surface area contributed by atoms with Crippen LogP contribution in [0, 0.1) is 4.78 Å². The Hall–Kier alpha value is -3.05. The molecule has 0 bridgehead atoms. The van der Waals surface area contributed by atoms with Crippen LogP contribution in [0.3, 0.4) is 0 Å². The number of hydrogen-bond acceptors (Lipinski definition) is 7. The van der Waals surface area contributed by atoms with E-state index >= 15 is 0 Å². The van der Waals surface area contributed by atoms with Gasteiger partial charge in [0.25, 0.3) is 5.91 Å². The van der Waals surface area contributed by atoms with Crippen molar-refractivity contribution in [2.45, 2.75) is 25.0 Å². The molecule has 0 aliphatic heterocycles. The fraction of sp³-hybridized carbons (Fsp3) is 0.368. The van der Waals surface area contributed by atoms with Crippen molar-refractivity contribution < 1.29 is 9.53 Å². The predicted octanol–water partition coefficient (Wildman–Crippen LogP) is 1.28. The van der Waals surface area contributed by atoms with Crippen LogP contribution >= 0.6 is 0 Å². The summed E-state index contributed by atoms with van der Waals surface area (Å²) in [4.78, 5) is 35.9. The van der Waals surface area contributed by atoms with Crippen molar-refractivity contribution in [3.8, 4) is 0 Å². The van der Waals surface area contributed by atoms with E-state index < -0.39 is 10.7 Å². The third kappa shape index (κ3) is 4.74. The number of nitrogens with two attached hydrogens (primary N) is 1. The van der Waals surface area contributed by atoms with E-state index in [0.717, 1.165) is 12.0 Å². The maximum absolute atomic E-state index is 12.5. The van der Waals surface area contributed by atoms with Gasteiger partial charge in [0.15, 0.2) is 11.5 Å². The van der Waals surface area contributed by atoms with Gasteiger partial charge in [0.05, 0.1) is 13.2 Å². The van der Waals surface area contributed by atoms with E-state index in [-0.39, 0.29) is 24.0 Å². The van der Waals surface area contributed by atoms with Crippen molar-refractivity contribution in [3.63, 3.8) is 0 Å². The van der Waals surface area contributed by atoms with Crippen LogP contribution in [0.5, 0.6) is 0 Å². The number of ether oxygens (including phenoxy) is 1. The predicted molar refractivity (Wildman–Crippen MR) is 116 cm³/mol. The lowest BCUT2D eigenvalue weighted by atomic mass is 10.1. The molecule has 0 saturated heterocycles. The number of aromatic amines is 1. The van der Waals surface area contributed by atoms with Crippen molar-refractivity contribution in [3.05, 3.63) is 45.9 Å². The SMILES string of the molecule is CCCS(=N)c1nc(N)c2[nH]c(=O)n(Cc3ccc(C(=O)NCCOC)cc3)c2n1. The van der Waals surface area contributed by atoms with E-state index in [4.69, 9.17) is 15.3 Å². The number of nitrogen functional groups attached to an aromatic ring is 1. The zero-order valence-electron chi connectivity index (χ0n) is 16.9. The minimum atomic E-state index is -0.892. The third-order valence-electron chi connectivity index (χ3n) is 4.41. The topological polar surface area (TPSA) is 152 Å². The summed E-state index contributed by atoms with van der Waals surface area (Å²) in [6, 6.07) is 6.98. The molecule has 10 nitrogen and oxygen atoms in total. The van der Waals surface area contributed by atoms with Crippen molar-refractivity contribution in [2.75, 3.05) is 31.7 Å². The molecule has 0 saturated carbocycles. The number of imidazole rings is 1. The Kier molecular flexibility index (Phi) is 6.95. The first-order chi connectivity index (χ1) is 14.4. The summed E-state index contributed by atoms with van der Waals surface area (Å²) in [5, 5.41) is 3.09. The molecule has 1 aromatic carbocycles. The molecule has 2 aromatic heterocycles. The number of carbonyl (C=O) groups is 1. The van der Waals surface area contributed by atoms with Crippen LogP contribution in [0.1, 0.15) is 29.3 Å². The van der Waals surface area contributed by atoms with E-state index in [1.807, 2.05) is 6.92 Å². The molecule has 3 aromatic rings. The zero-order valence-corrected chi connectivity index (χ0v) is 17.7. The molecule has 1 atom stereocenters. The standard InChI is InChI=1S/C19H25N7O3S/c1-3-10-30(21)18-24-15(20)14-16(25-18)26(19(28)23-14)11-12-4-6-13(7-5-12)17(27)22-8-9-29-2/h4-7,21H,3,8-11H2,1-2H3,(H,22,27)(H,23,28)(H2,20,24,25). The van der Waals surface area contributed by atoms with E-state index in [2.05, 4.69) is 20.3 Å². The molecule has 3 rings (SSSR count). The maximum Gasteiger partial charge on any atom is 0.328 e.